The molecular weight excluding hydrogens is 336 g/mol. The molecule has 0 radical (unpaired) electrons. The summed E-state index contributed by atoms with van der Waals surface area (Å²) in [6.45, 7) is 12.3. The van der Waals surface area contributed by atoms with Crippen molar-refractivity contribution in [1.29, 1.82) is 0 Å². The zero-order chi connectivity index (χ0) is 20.2. The molecule has 0 fully saturated rings. The van der Waals surface area contributed by atoms with E-state index in [2.05, 4.69) is 29.2 Å². The second kappa shape index (κ2) is 17.9. The van der Waals surface area contributed by atoms with Crippen molar-refractivity contribution in [3.63, 3.8) is 0 Å². The van der Waals surface area contributed by atoms with Crippen LogP contribution in [-0.4, -0.2) is 36.2 Å². The summed E-state index contributed by atoms with van der Waals surface area (Å²) < 4.78 is 8.87. The number of rotatable bonds is 7. The Balaban J connectivity index is 0. The van der Waals surface area contributed by atoms with Crippen molar-refractivity contribution in [3.8, 4) is 0 Å². The molecule has 1 rings (SSSR count). The summed E-state index contributed by atoms with van der Waals surface area (Å²) in [5.41, 5.74) is 1.17. The van der Waals surface area contributed by atoms with Gasteiger partial charge in [-0.25, -0.2) is 14.4 Å². The number of ether oxygens (including phenoxy) is 2. The number of carbonyl (C=O) groups is 3. The molecule has 0 aliphatic heterocycles. The van der Waals surface area contributed by atoms with E-state index in [1.165, 1.54) is 11.6 Å². The summed E-state index contributed by atoms with van der Waals surface area (Å²) in [6.07, 6.45) is 6.05. The van der Waals surface area contributed by atoms with E-state index in [9.17, 15) is 14.4 Å². The number of esters is 2. The Hall–Kier alpha value is -3.41. The van der Waals surface area contributed by atoms with Gasteiger partial charge >= 0.3 is 17.9 Å². The highest BCUT2D eigenvalue weighted by Gasteiger charge is 1.94. The molecule has 1 aromatic carbocycles. The van der Waals surface area contributed by atoms with Crippen LogP contribution >= 0.6 is 0 Å². The van der Waals surface area contributed by atoms with Gasteiger partial charge in [0.15, 0.2) is 0 Å². The molecule has 0 spiro atoms. The van der Waals surface area contributed by atoms with Gasteiger partial charge in [-0.15, -0.1) is 0 Å². The van der Waals surface area contributed by atoms with Crippen molar-refractivity contribution >= 4 is 24.0 Å². The fourth-order valence-electron chi connectivity index (χ4n) is 1.12. The molecule has 140 valence electrons. The van der Waals surface area contributed by atoms with Gasteiger partial charge in [0.2, 0.25) is 0 Å². The molecule has 0 aliphatic rings. The maximum atomic E-state index is 10.4. The van der Waals surface area contributed by atoms with E-state index in [1.54, 1.807) is 6.92 Å². The highest BCUT2D eigenvalue weighted by atomic mass is 16.5. The summed E-state index contributed by atoms with van der Waals surface area (Å²) in [5.74, 6) is -2.21. The number of carbonyl (C=O) groups excluding carboxylic acids is 2. The minimum absolute atomic E-state index is 0.253. The van der Waals surface area contributed by atoms with Crippen molar-refractivity contribution in [2.24, 2.45) is 0 Å². The van der Waals surface area contributed by atoms with Crippen molar-refractivity contribution in [2.75, 3.05) is 13.2 Å². The summed E-state index contributed by atoms with van der Waals surface area (Å²) in [4.78, 5) is 30.4. The molecule has 6 heteroatoms. The van der Waals surface area contributed by atoms with Gasteiger partial charge in [0.25, 0.3) is 0 Å². The molecule has 0 unspecified atom stereocenters. The lowest BCUT2D eigenvalue weighted by Crippen LogP contribution is -2.00. The van der Waals surface area contributed by atoms with E-state index >= 15 is 0 Å². The molecule has 0 bridgehead atoms. The summed E-state index contributed by atoms with van der Waals surface area (Å²) in [6, 6.07) is 10.0. The van der Waals surface area contributed by atoms with Gasteiger partial charge in [-0.1, -0.05) is 62.2 Å². The molecule has 0 aliphatic carbocycles. The summed E-state index contributed by atoms with van der Waals surface area (Å²) in [5, 5.41) is 8.04. The van der Waals surface area contributed by atoms with Crippen LogP contribution in [0, 0.1) is 0 Å². The van der Waals surface area contributed by atoms with Crippen LogP contribution < -0.4 is 0 Å². The molecule has 6 nitrogen and oxygen atoms in total. The second-order valence-electron chi connectivity index (χ2n) is 4.16. The number of hydrogen-bond acceptors (Lipinski definition) is 5. The minimum Gasteiger partial charge on any atom is -0.478 e. The highest BCUT2D eigenvalue weighted by Crippen LogP contribution is 1.97. The molecule has 0 aromatic heterocycles. The zero-order valence-electron chi connectivity index (χ0n) is 14.8. The predicted molar refractivity (Wildman–Crippen MR) is 101 cm³/mol. The number of hydrogen-bond donors (Lipinski definition) is 1. The average Bonchev–Trinajstić information content (AvgIpc) is 2.66. The van der Waals surface area contributed by atoms with E-state index in [0.29, 0.717) is 0 Å². The molecular formula is C20H24O6. The Kier molecular flexibility index (Phi) is 17.1. The molecule has 1 aromatic rings. The predicted octanol–water partition coefficient (Wildman–Crippen LogP) is 3.42. The van der Waals surface area contributed by atoms with E-state index in [0.717, 1.165) is 18.2 Å². The lowest BCUT2D eigenvalue weighted by Gasteiger charge is -1.92. The maximum Gasteiger partial charge on any atom is 0.330 e. The first kappa shape index (κ1) is 24.8. The fraction of sp³-hybridized carbons (Fsp3) is 0.150. The van der Waals surface area contributed by atoms with Gasteiger partial charge in [-0.05, 0) is 12.5 Å². The lowest BCUT2D eigenvalue weighted by molar-refractivity contribution is -0.138. The third kappa shape index (κ3) is 18.6. The van der Waals surface area contributed by atoms with Gasteiger partial charge < -0.3 is 14.6 Å². The molecule has 0 heterocycles. The van der Waals surface area contributed by atoms with Crippen molar-refractivity contribution in [3.05, 3.63) is 79.9 Å². The largest absolute Gasteiger partial charge is 0.478 e. The van der Waals surface area contributed by atoms with Crippen molar-refractivity contribution in [2.45, 2.75) is 6.92 Å². The number of aliphatic carboxylic acids is 1. The smallest absolute Gasteiger partial charge is 0.330 e. The zero-order valence-corrected chi connectivity index (χ0v) is 14.8. The number of carboxylic acid groups (broad SMARTS) is 1. The van der Waals surface area contributed by atoms with E-state index in [1.807, 2.05) is 36.4 Å². The topological polar surface area (TPSA) is 89.9 Å². The van der Waals surface area contributed by atoms with Crippen LogP contribution in [0.4, 0.5) is 0 Å². The number of carboxylic acids is 1. The highest BCUT2D eigenvalue weighted by molar-refractivity contribution is 5.90. The molecule has 0 atom stereocenters. The van der Waals surface area contributed by atoms with Crippen LogP contribution in [0.5, 0.6) is 0 Å². The van der Waals surface area contributed by atoms with Crippen LogP contribution in [0.25, 0.3) is 6.08 Å². The van der Waals surface area contributed by atoms with Crippen LogP contribution in [0.15, 0.2) is 74.4 Å². The number of benzene rings is 1. The van der Waals surface area contributed by atoms with Gasteiger partial charge in [0.1, 0.15) is 6.61 Å². The quantitative estimate of drug-likeness (QED) is 0.455. The van der Waals surface area contributed by atoms with Gasteiger partial charge in [0.05, 0.1) is 6.61 Å². The van der Waals surface area contributed by atoms with Gasteiger partial charge in [-0.2, -0.15) is 0 Å². The van der Waals surface area contributed by atoms with Crippen molar-refractivity contribution in [1.82, 2.24) is 0 Å². The fourth-order valence-corrected chi connectivity index (χ4v) is 1.12. The molecule has 0 saturated carbocycles. The standard InChI is InChI=1S/C8H8.C6H8O4.C6H8O2/c1-2-8-6-4-3-5-7-8;1-2-10-6(9)4-3-5(7)8;1-3-5-8-6(7)4-2/h2-7H,1H2;3-4H,2H2,1H3,(H,7,8);3-4H,1-2,5H2. The molecule has 26 heavy (non-hydrogen) atoms. The van der Waals surface area contributed by atoms with Crippen LogP contribution in [0.1, 0.15) is 12.5 Å². The average molecular weight is 360 g/mol. The van der Waals surface area contributed by atoms with Crippen LogP contribution in [0.2, 0.25) is 0 Å². The Morgan fingerprint density at radius 2 is 1.62 bits per heavy atom. The summed E-state index contributed by atoms with van der Waals surface area (Å²) in [7, 11) is 0. The van der Waals surface area contributed by atoms with E-state index in [-0.39, 0.29) is 13.2 Å². The van der Waals surface area contributed by atoms with Crippen LogP contribution in [0.3, 0.4) is 0 Å². The second-order valence-corrected chi connectivity index (χ2v) is 4.16. The van der Waals surface area contributed by atoms with Gasteiger partial charge in [-0.3, -0.25) is 0 Å². The minimum atomic E-state index is -1.16. The molecule has 0 amide bonds. The first-order valence-corrected chi connectivity index (χ1v) is 7.56. The Morgan fingerprint density at radius 1 is 1.00 bits per heavy atom. The normalized spacial score (nSPS) is 8.65. The maximum absolute atomic E-state index is 10.4. The van der Waals surface area contributed by atoms with E-state index < -0.39 is 17.9 Å². The Morgan fingerprint density at radius 3 is 2.00 bits per heavy atom. The monoisotopic (exact) mass is 360 g/mol. The molecule has 0 saturated heterocycles. The first-order chi connectivity index (χ1) is 12.4. The first-order valence-electron chi connectivity index (χ1n) is 7.56. The van der Waals surface area contributed by atoms with Gasteiger partial charge in [0, 0.05) is 18.2 Å². The summed E-state index contributed by atoms with van der Waals surface area (Å²) >= 11 is 0. The SMILES string of the molecule is C=CCOC(=O)C=C.C=Cc1ccccc1.CCOC(=O)C=CC(=O)O. The van der Waals surface area contributed by atoms with Crippen molar-refractivity contribution < 1.29 is 29.0 Å². The lowest BCUT2D eigenvalue weighted by atomic mass is 10.2. The Labute approximate surface area is 153 Å². The van der Waals surface area contributed by atoms with Crippen LogP contribution in [-0.2, 0) is 23.9 Å². The third-order valence-corrected chi connectivity index (χ3v) is 2.19. The van der Waals surface area contributed by atoms with E-state index in [4.69, 9.17) is 5.11 Å². The third-order valence-electron chi connectivity index (χ3n) is 2.19. The Bertz CT molecular complexity index is 602. The molecule has 1 N–H and O–H groups in total.